The van der Waals surface area contributed by atoms with E-state index in [1.165, 1.54) is 4.90 Å². The largest absolute Gasteiger partial charge is 0.483 e. The molecule has 0 saturated heterocycles. The van der Waals surface area contributed by atoms with E-state index >= 15 is 0 Å². The highest BCUT2D eigenvalue weighted by atomic mass is 35.5. The highest BCUT2D eigenvalue weighted by molar-refractivity contribution is 6.30. The summed E-state index contributed by atoms with van der Waals surface area (Å²) in [7, 11) is 1.67. The van der Waals surface area contributed by atoms with E-state index < -0.39 is 0 Å². The van der Waals surface area contributed by atoms with Crippen molar-refractivity contribution in [2.24, 2.45) is 0 Å². The fraction of sp³-hybridized carbons (Fsp3) is 0.250. The van der Waals surface area contributed by atoms with E-state index in [4.69, 9.17) is 20.9 Å². The molecule has 1 amide bonds. The number of aryl methyl sites for hydroxylation is 2. The highest BCUT2D eigenvalue weighted by Crippen LogP contribution is 2.20. The summed E-state index contributed by atoms with van der Waals surface area (Å²) in [5, 5.41) is 4.58. The van der Waals surface area contributed by atoms with Gasteiger partial charge in [-0.3, -0.25) is 4.79 Å². The first-order chi connectivity index (χ1) is 12.9. The quantitative estimate of drug-likeness (QED) is 0.640. The molecule has 7 heteroatoms. The minimum atomic E-state index is -0.179. The van der Waals surface area contributed by atoms with Gasteiger partial charge in [-0.25, -0.2) is 0 Å². The molecule has 6 nitrogen and oxygen atoms in total. The van der Waals surface area contributed by atoms with Gasteiger partial charge in [0, 0.05) is 17.6 Å². The summed E-state index contributed by atoms with van der Waals surface area (Å²) >= 11 is 5.88. The smallest absolute Gasteiger partial charge is 0.260 e. The van der Waals surface area contributed by atoms with Gasteiger partial charge < -0.3 is 14.2 Å². The van der Waals surface area contributed by atoms with Crippen LogP contribution in [0.1, 0.15) is 17.0 Å². The van der Waals surface area contributed by atoms with Crippen LogP contribution >= 0.6 is 11.6 Å². The summed E-state index contributed by atoms with van der Waals surface area (Å²) in [6, 6.07) is 13.0. The molecule has 0 atom stereocenters. The van der Waals surface area contributed by atoms with E-state index in [0.717, 1.165) is 16.7 Å². The van der Waals surface area contributed by atoms with Crippen LogP contribution in [0.25, 0.3) is 11.4 Å². The predicted octanol–water partition coefficient (Wildman–Crippen LogP) is 4.04. The lowest BCUT2D eigenvalue weighted by molar-refractivity contribution is -0.132. The Hall–Kier alpha value is -2.86. The Morgan fingerprint density at radius 2 is 1.93 bits per heavy atom. The van der Waals surface area contributed by atoms with E-state index in [9.17, 15) is 4.79 Å². The molecule has 0 unspecified atom stereocenters. The van der Waals surface area contributed by atoms with Crippen molar-refractivity contribution in [1.82, 2.24) is 15.0 Å². The van der Waals surface area contributed by atoms with Gasteiger partial charge in [0.05, 0.1) is 6.54 Å². The van der Waals surface area contributed by atoms with Crippen LogP contribution in [0.5, 0.6) is 5.75 Å². The van der Waals surface area contributed by atoms with Crippen molar-refractivity contribution in [3.05, 3.63) is 64.5 Å². The molecule has 0 aliphatic rings. The van der Waals surface area contributed by atoms with Crippen molar-refractivity contribution >= 4 is 17.5 Å². The number of benzene rings is 2. The van der Waals surface area contributed by atoms with Crippen molar-refractivity contribution in [1.29, 1.82) is 0 Å². The van der Waals surface area contributed by atoms with Crippen molar-refractivity contribution in [2.75, 3.05) is 13.7 Å². The van der Waals surface area contributed by atoms with Crippen molar-refractivity contribution in [3.63, 3.8) is 0 Å². The Balaban J connectivity index is 1.58. The zero-order chi connectivity index (χ0) is 19.4. The first-order valence-electron chi connectivity index (χ1n) is 8.45. The fourth-order valence-electron chi connectivity index (χ4n) is 2.44. The molecule has 1 heterocycles. The normalized spacial score (nSPS) is 10.7. The van der Waals surface area contributed by atoms with E-state index in [1.54, 1.807) is 19.2 Å². The Morgan fingerprint density at radius 1 is 1.19 bits per heavy atom. The van der Waals surface area contributed by atoms with E-state index in [0.29, 0.717) is 22.5 Å². The molecule has 27 heavy (non-hydrogen) atoms. The maximum atomic E-state index is 12.3. The molecule has 0 fully saturated rings. The van der Waals surface area contributed by atoms with Crippen LogP contribution in [0.15, 0.2) is 47.0 Å². The van der Waals surface area contributed by atoms with Gasteiger partial charge >= 0.3 is 0 Å². The number of hydrogen-bond donors (Lipinski definition) is 0. The summed E-state index contributed by atoms with van der Waals surface area (Å²) in [5.41, 5.74) is 2.86. The molecule has 0 bridgehead atoms. The third-order valence-electron chi connectivity index (χ3n) is 4.06. The van der Waals surface area contributed by atoms with Crippen LogP contribution in [0.4, 0.5) is 0 Å². The van der Waals surface area contributed by atoms with Crippen molar-refractivity contribution < 1.29 is 14.1 Å². The summed E-state index contributed by atoms with van der Waals surface area (Å²) in [4.78, 5) is 18.1. The minimum Gasteiger partial charge on any atom is -0.483 e. The van der Waals surface area contributed by atoms with Gasteiger partial charge in [0.15, 0.2) is 6.61 Å². The molecule has 0 aliphatic carbocycles. The molecule has 0 saturated carbocycles. The topological polar surface area (TPSA) is 68.5 Å². The minimum absolute atomic E-state index is 0.0566. The Labute approximate surface area is 162 Å². The number of hydrogen-bond acceptors (Lipinski definition) is 5. The highest BCUT2D eigenvalue weighted by Gasteiger charge is 2.15. The third-order valence-corrected chi connectivity index (χ3v) is 4.32. The number of nitrogens with zero attached hydrogens (tertiary/aromatic N) is 3. The zero-order valence-electron chi connectivity index (χ0n) is 15.4. The third kappa shape index (κ3) is 4.86. The zero-order valence-corrected chi connectivity index (χ0v) is 16.2. The average molecular weight is 386 g/mol. The number of amides is 1. The molecule has 3 rings (SSSR count). The van der Waals surface area contributed by atoms with Crippen LogP contribution < -0.4 is 4.74 Å². The molecule has 0 aliphatic heterocycles. The summed E-state index contributed by atoms with van der Waals surface area (Å²) in [6.07, 6.45) is 0. The van der Waals surface area contributed by atoms with Gasteiger partial charge in [-0.05, 0) is 55.3 Å². The fourth-order valence-corrected chi connectivity index (χ4v) is 2.56. The van der Waals surface area contributed by atoms with E-state index in [1.807, 2.05) is 44.2 Å². The molecule has 0 spiro atoms. The first kappa shape index (κ1) is 18.9. The lowest BCUT2D eigenvalue weighted by atomic mass is 10.1. The molecule has 0 radical (unpaired) electrons. The summed E-state index contributed by atoms with van der Waals surface area (Å²) < 4.78 is 10.9. The van der Waals surface area contributed by atoms with Gasteiger partial charge in [-0.1, -0.05) is 28.9 Å². The molecule has 140 valence electrons. The Bertz CT molecular complexity index is 938. The second kappa shape index (κ2) is 8.22. The number of rotatable bonds is 6. The molecule has 3 aromatic rings. The second-order valence-electron chi connectivity index (χ2n) is 6.33. The first-order valence-corrected chi connectivity index (χ1v) is 8.82. The van der Waals surface area contributed by atoms with Gasteiger partial charge in [0.2, 0.25) is 11.7 Å². The Kier molecular flexibility index (Phi) is 5.76. The average Bonchev–Trinajstić information content (AvgIpc) is 3.11. The number of carbonyl (C=O) groups excluding carboxylic acids is 1. The second-order valence-corrected chi connectivity index (χ2v) is 6.76. The van der Waals surface area contributed by atoms with Crippen LogP contribution in [-0.4, -0.2) is 34.6 Å². The van der Waals surface area contributed by atoms with Crippen LogP contribution in [0.3, 0.4) is 0 Å². The Morgan fingerprint density at radius 3 is 2.67 bits per heavy atom. The van der Waals surface area contributed by atoms with Crippen LogP contribution in [0, 0.1) is 13.8 Å². The summed E-state index contributed by atoms with van der Waals surface area (Å²) in [5.74, 6) is 1.33. The molecule has 1 aromatic heterocycles. The lowest BCUT2D eigenvalue weighted by Gasteiger charge is -2.16. The maximum Gasteiger partial charge on any atom is 0.260 e. The molecule has 0 N–H and O–H groups in total. The number of aromatic nitrogens is 2. The standard InChI is InChI=1S/C20H20ClN3O3/c1-13-4-5-14(2)17(10-13)26-12-19(25)24(3)11-18-22-20(23-27-18)15-6-8-16(21)9-7-15/h4-10H,11-12H2,1-3H3. The molecule has 2 aromatic carbocycles. The SMILES string of the molecule is Cc1ccc(C)c(OCC(=O)N(C)Cc2nc(-c3ccc(Cl)cc3)no2)c1. The van der Waals surface area contributed by atoms with Gasteiger partial charge in [0.1, 0.15) is 5.75 Å². The monoisotopic (exact) mass is 385 g/mol. The van der Waals surface area contributed by atoms with Crippen LogP contribution in [0.2, 0.25) is 5.02 Å². The number of ether oxygens (including phenoxy) is 1. The number of likely N-dealkylation sites (N-methyl/N-ethyl adjacent to an activating group) is 1. The van der Waals surface area contributed by atoms with Gasteiger partial charge in [0.25, 0.3) is 5.91 Å². The molecular weight excluding hydrogens is 366 g/mol. The van der Waals surface area contributed by atoms with Gasteiger partial charge in [-0.15, -0.1) is 0 Å². The molecular formula is C20H20ClN3O3. The van der Waals surface area contributed by atoms with Crippen molar-refractivity contribution in [3.8, 4) is 17.1 Å². The van der Waals surface area contributed by atoms with E-state index in [2.05, 4.69) is 10.1 Å². The van der Waals surface area contributed by atoms with Crippen molar-refractivity contribution in [2.45, 2.75) is 20.4 Å². The van der Waals surface area contributed by atoms with Crippen LogP contribution in [-0.2, 0) is 11.3 Å². The summed E-state index contributed by atoms with van der Waals surface area (Å²) in [6.45, 7) is 4.07. The lowest BCUT2D eigenvalue weighted by Crippen LogP contribution is -2.31. The maximum absolute atomic E-state index is 12.3. The number of halogens is 1. The van der Waals surface area contributed by atoms with Gasteiger partial charge in [-0.2, -0.15) is 4.98 Å². The predicted molar refractivity (Wildman–Crippen MR) is 103 cm³/mol. The van der Waals surface area contributed by atoms with E-state index in [-0.39, 0.29) is 19.1 Å². The number of carbonyl (C=O) groups is 1.